The number of likely N-dealkylation sites (tertiary alicyclic amines) is 1. The molecule has 15 heavy (non-hydrogen) atoms. The smallest absolute Gasteiger partial charge is 0.320 e. The second kappa shape index (κ2) is 5.50. The Hall–Kier alpha value is -0.570. The highest BCUT2D eigenvalue weighted by molar-refractivity contribution is 5.71. The summed E-state index contributed by atoms with van der Waals surface area (Å²) in [6.07, 6.45) is 3.73. The number of esters is 1. The molecule has 0 spiro atoms. The van der Waals surface area contributed by atoms with Crippen LogP contribution < -0.4 is 0 Å². The van der Waals surface area contributed by atoms with Gasteiger partial charge >= 0.3 is 5.97 Å². The molecular formula is C12H23NO2. The highest BCUT2D eigenvalue weighted by Gasteiger charge is 2.17. The molecule has 1 fully saturated rings. The molecule has 0 aromatic rings. The van der Waals surface area contributed by atoms with Gasteiger partial charge in [-0.2, -0.15) is 0 Å². The van der Waals surface area contributed by atoms with E-state index < -0.39 is 0 Å². The van der Waals surface area contributed by atoms with Crippen LogP contribution in [0.2, 0.25) is 0 Å². The standard InChI is InChI=1S/C12H23NO2/c1-12(2,3)10-15-11(14)9-13-7-5-4-6-8-13/h4-10H2,1-3H3. The van der Waals surface area contributed by atoms with E-state index in [0.29, 0.717) is 13.2 Å². The van der Waals surface area contributed by atoms with E-state index in [4.69, 9.17) is 4.74 Å². The van der Waals surface area contributed by atoms with Gasteiger partial charge in [-0.3, -0.25) is 9.69 Å². The fourth-order valence-corrected chi connectivity index (χ4v) is 1.64. The third kappa shape index (κ3) is 5.78. The van der Waals surface area contributed by atoms with Gasteiger partial charge in [-0.1, -0.05) is 27.2 Å². The number of ether oxygens (including phenoxy) is 1. The van der Waals surface area contributed by atoms with Crippen LogP contribution in [0, 0.1) is 5.41 Å². The van der Waals surface area contributed by atoms with Crippen molar-refractivity contribution in [2.75, 3.05) is 26.2 Å². The van der Waals surface area contributed by atoms with Crippen LogP contribution in [0.1, 0.15) is 40.0 Å². The van der Waals surface area contributed by atoms with Gasteiger partial charge in [-0.05, 0) is 31.3 Å². The van der Waals surface area contributed by atoms with E-state index in [1.54, 1.807) is 0 Å². The maximum Gasteiger partial charge on any atom is 0.320 e. The Morgan fingerprint density at radius 1 is 1.20 bits per heavy atom. The minimum atomic E-state index is -0.0770. The number of rotatable bonds is 3. The molecule has 1 aliphatic rings. The topological polar surface area (TPSA) is 29.5 Å². The Kier molecular flexibility index (Phi) is 4.58. The number of piperidine rings is 1. The number of nitrogens with zero attached hydrogens (tertiary/aromatic N) is 1. The zero-order valence-corrected chi connectivity index (χ0v) is 10.2. The van der Waals surface area contributed by atoms with Crippen LogP contribution in [0.15, 0.2) is 0 Å². The molecule has 1 heterocycles. The molecule has 1 aliphatic heterocycles. The molecular weight excluding hydrogens is 190 g/mol. The largest absolute Gasteiger partial charge is 0.464 e. The molecule has 3 nitrogen and oxygen atoms in total. The van der Waals surface area contributed by atoms with Gasteiger partial charge in [-0.25, -0.2) is 0 Å². The van der Waals surface area contributed by atoms with Crippen LogP contribution in [0.25, 0.3) is 0 Å². The first-order chi connectivity index (χ1) is 6.97. The lowest BCUT2D eigenvalue weighted by molar-refractivity contribution is -0.147. The lowest BCUT2D eigenvalue weighted by atomic mass is 9.99. The summed E-state index contributed by atoms with van der Waals surface area (Å²) in [6, 6.07) is 0. The summed E-state index contributed by atoms with van der Waals surface area (Å²) < 4.78 is 5.23. The third-order valence-electron chi connectivity index (χ3n) is 2.47. The van der Waals surface area contributed by atoms with Gasteiger partial charge in [0, 0.05) is 0 Å². The van der Waals surface area contributed by atoms with Crippen molar-refractivity contribution in [2.24, 2.45) is 5.41 Å². The fourth-order valence-electron chi connectivity index (χ4n) is 1.64. The Labute approximate surface area is 92.8 Å². The molecule has 0 amide bonds. The van der Waals surface area contributed by atoms with Gasteiger partial charge in [0.05, 0.1) is 13.2 Å². The van der Waals surface area contributed by atoms with E-state index in [1.807, 2.05) is 0 Å². The van der Waals surface area contributed by atoms with E-state index in [0.717, 1.165) is 13.1 Å². The van der Waals surface area contributed by atoms with E-state index in [2.05, 4.69) is 25.7 Å². The zero-order valence-electron chi connectivity index (χ0n) is 10.2. The summed E-state index contributed by atoms with van der Waals surface area (Å²) in [5.74, 6) is -0.0770. The van der Waals surface area contributed by atoms with E-state index >= 15 is 0 Å². The van der Waals surface area contributed by atoms with Gasteiger partial charge < -0.3 is 4.74 Å². The van der Waals surface area contributed by atoms with Crippen LogP contribution in [0.4, 0.5) is 0 Å². The van der Waals surface area contributed by atoms with Gasteiger partial charge in [0.25, 0.3) is 0 Å². The van der Waals surface area contributed by atoms with Crippen molar-refractivity contribution >= 4 is 5.97 Å². The van der Waals surface area contributed by atoms with Crippen molar-refractivity contribution in [1.29, 1.82) is 0 Å². The van der Waals surface area contributed by atoms with Crippen LogP contribution in [-0.4, -0.2) is 37.1 Å². The molecule has 1 rings (SSSR count). The summed E-state index contributed by atoms with van der Waals surface area (Å²) in [5, 5.41) is 0. The number of carbonyl (C=O) groups is 1. The molecule has 0 aromatic carbocycles. The normalized spacial score (nSPS) is 18.9. The van der Waals surface area contributed by atoms with Gasteiger partial charge in [0.2, 0.25) is 0 Å². The first kappa shape index (κ1) is 12.5. The first-order valence-corrected chi connectivity index (χ1v) is 5.85. The summed E-state index contributed by atoms with van der Waals surface area (Å²) >= 11 is 0. The van der Waals surface area contributed by atoms with E-state index in [-0.39, 0.29) is 11.4 Å². The Bertz CT molecular complexity index is 202. The monoisotopic (exact) mass is 213 g/mol. The summed E-state index contributed by atoms with van der Waals surface area (Å²) in [6.45, 7) is 9.29. The number of hydrogen-bond acceptors (Lipinski definition) is 3. The van der Waals surface area contributed by atoms with Crippen molar-refractivity contribution in [3.05, 3.63) is 0 Å². The minimum Gasteiger partial charge on any atom is -0.464 e. The van der Waals surface area contributed by atoms with Crippen molar-refractivity contribution in [1.82, 2.24) is 4.90 Å². The predicted octanol–water partition coefficient (Wildman–Crippen LogP) is 2.06. The molecule has 0 atom stereocenters. The Balaban J connectivity index is 2.17. The second-order valence-corrected chi connectivity index (χ2v) is 5.56. The quantitative estimate of drug-likeness (QED) is 0.672. The fraction of sp³-hybridized carbons (Fsp3) is 0.917. The Morgan fingerprint density at radius 3 is 2.33 bits per heavy atom. The minimum absolute atomic E-state index is 0.0670. The maximum atomic E-state index is 11.5. The lowest BCUT2D eigenvalue weighted by Gasteiger charge is -2.26. The van der Waals surface area contributed by atoms with Crippen LogP contribution >= 0.6 is 0 Å². The molecule has 0 bridgehead atoms. The molecule has 3 heteroatoms. The van der Waals surface area contributed by atoms with Crippen molar-refractivity contribution in [2.45, 2.75) is 40.0 Å². The van der Waals surface area contributed by atoms with Crippen molar-refractivity contribution in [3.63, 3.8) is 0 Å². The molecule has 0 unspecified atom stereocenters. The lowest BCUT2D eigenvalue weighted by Crippen LogP contribution is -2.36. The van der Waals surface area contributed by atoms with Gasteiger partial charge in [0.1, 0.15) is 0 Å². The summed E-state index contributed by atoms with van der Waals surface area (Å²) in [4.78, 5) is 13.7. The van der Waals surface area contributed by atoms with Crippen molar-refractivity contribution < 1.29 is 9.53 Å². The van der Waals surface area contributed by atoms with Crippen molar-refractivity contribution in [3.8, 4) is 0 Å². The predicted molar refractivity (Wildman–Crippen MR) is 60.7 cm³/mol. The average Bonchev–Trinajstić information content (AvgIpc) is 2.15. The molecule has 0 aromatic heterocycles. The molecule has 0 radical (unpaired) electrons. The highest BCUT2D eigenvalue weighted by atomic mass is 16.5. The van der Waals surface area contributed by atoms with Crippen LogP contribution in [0.3, 0.4) is 0 Å². The highest BCUT2D eigenvalue weighted by Crippen LogP contribution is 2.13. The van der Waals surface area contributed by atoms with Crippen LogP contribution in [0.5, 0.6) is 0 Å². The number of carbonyl (C=O) groups excluding carboxylic acids is 1. The van der Waals surface area contributed by atoms with Crippen LogP contribution in [-0.2, 0) is 9.53 Å². The average molecular weight is 213 g/mol. The third-order valence-corrected chi connectivity index (χ3v) is 2.47. The molecule has 88 valence electrons. The molecule has 0 N–H and O–H groups in total. The molecule has 0 saturated carbocycles. The number of hydrogen-bond donors (Lipinski definition) is 0. The SMILES string of the molecule is CC(C)(C)COC(=O)CN1CCCCC1. The summed E-state index contributed by atoms with van der Waals surface area (Å²) in [5.41, 5.74) is 0.0670. The Morgan fingerprint density at radius 2 is 1.80 bits per heavy atom. The summed E-state index contributed by atoms with van der Waals surface area (Å²) in [7, 11) is 0. The molecule has 1 saturated heterocycles. The second-order valence-electron chi connectivity index (χ2n) is 5.56. The first-order valence-electron chi connectivity index (χ1n) is 5.85. The van der Waals surface area contributed by atoms with E-state index in [1.165, 1.54) is 19.3 Å². The van der Waals surface area contributed by atoms with E-state index in [9.17, 15) is 4.79 Å². The maximum absolute atomic E-state index is 11.5. The van der Waals surface area contributed by atoms with Gasteiger partial charge in [0.15, 0.2) is 0 Å². The molecule has 0 aliphatic carbocycles. The van der Waals surface area contributed by atoms with Gasteiger partial charge in [-0.15, -0.1) is 0 Å². The zero-order chi connectivity index (χ0) is 11.3.